The molecule has 1 N–H and O–H groups in total. The van der Waals surface area contributed by atoms with E-state index >= 15 is 0 Å². The van der Waals surface area contributed by atoms with Crippen LogP contribution in [0.5, 0.6) is 34.5 Å². The number of phenolic OH excluding ortho intramolecular Hbond substituents is 1. The summed E-state index contributed by atoms with van der Waals surface area (Å²) in [7, 11) is 7.59. The van der Waals surface area contributed by atoms with E-state index in [1.54, 1.807) is 37.4 Å². The highest BCUT2D eigenvalue weighted by atomic mass is 16.5. The van der Waals surface area contributed by atoms with Crippen LogP contribution in [0.3, 0.4) is 0 Å². The van der Waals surface area contributed by atoms with Gasteiger partial charge in [0.05, 0.1) is 41.1 Å². The van der Waals surface area contributed by atoms with Gasteiger partial charge in [-0.25, -0.2) is 4.79 Å². The van der Waals surface area contributed by atoms with E-state index in [1.807, 2.05) is 19.1 Å². The topological polar surface area (TPSA) is 92.7 Å². The van der Waals surface area contributed by atoms with Gasteiger partial charge >= 0.3 is 5.97 Å². The molecular formula is C30H34O8. The third-order valence-corrected chi connectivity index (χ3v) is 7.28. The van der Waals surface area contributed by atoms with Crippen LogP contribution >= 0.6 is 0 Å². The maximum Gasteiger partial charge on any atom is 0.338 e. The predicted octanol–water partition coefficient (Wildman–Crippen LogP) is 5.83. The SMILES string of the molecule is COc1cc2c(c(OC)c1OC)-c1c(cc(O)c(OC)c1OC)CC(C)C(C)C2OC(=O)c1ccccc1. The fourth-order valence-corrected chi connectivity index (χ4v) is 5.21. The zero-order valence-corrected chi connectivity index (χ0v) is 22.8. The first-order valence-electron chi connectivity index (χ1n) is 12.4. The normalized spacial score (nSPS) is 18.2. The van der Waals surface area contributed by atoms with Gasteiger partial charge in [-0.2, -0.15) is 0 Å². The van der Waals surface area contributed by atoms with Gasteiger partial charge in [0.25, 0.3) is 0 Å². The maximum absolute atomic E-state index is 13.3. The number of ether oxygens (including phenoxy) is 6. The molecule has 0 spiro atoms. The summed E-state index contributed by atoms with van der Waals surface area (Å²) >= 11 is 0. The van der Waals surface area contributed by atoms with Crippen molar-refractivity contribution in [2.24, 2.45) is 11.8 Å². The quantitative estimate of drug-likeness (QED) is 0.388. The van der Waals surface area contributed by atoms with Gasteiger partial charge in [-0.3, -0.25) is 0 Å². The molecule has 1 aliphatic rings. The van der Waals surface area contributed by atoms with E-state index in [4.69, 9.17) is 28.4 Å². The Labute approximate surface area is 223 Å². The number of hydrogen-bond acceptors (Lipinski definition) is 8. The molecule has 0 saturated heterocycles. The molecule has 4 rings (SSSR count). The van der Waals surface area contributed by atoms with Crippen molar-refractivity contribution in [3.05, 3.63) is 59.2 Å². The van der Waals surface area contributed by atoms with E-state index in [9.17, 15) is 9.90 Å². The second kappa shape index (κ2) is 11.1. The van der Waals surface area contributed by atoms with Crippen LogP contribution < -0.4 is 23.7 Å². The van der Waals surface area contributed by atoms with Crippen molar-refractivity contribution < 1.29 is 38.3 Å². The zero-order valence-electron chi connectivity index (χ0n) is 22.8. The highest BCUT2D eigenvalue weighted by molar-refractivity contribution is 5.91. The summed E-state index contributed by atoms with van der Waals surface area (Å²) < 4.78 is 34.9. The van der Waals surface area contributed by atoms with E-state index in [0.29, 0.717) is 51.7 Å². The van der Waals surface area contributed by atoms with Crippen molar-refractivity contribution in [2.45, 2.75) is 26.4 Å². The fourth-order valence-electron chi connectivity index (χ4n) is 5.21. The minimum Gasteiger partial charge on any atom is -0.504 e. The second-order valence-electron chi connectivity index (χ2n) is 9.34. The standard InChI is InChI=1S/C30H34O8/c1-16-13-19-14-21(31)26(34-4)28(36-6)23(19)24-20(15-22(33-3)27(35-5)29(24)37-7)25(17(16)2)38-30(32)18-11-9-8-10-12-18/h8-12,14-17,25,31H,13H2,1-7H3. The monoisotopic (exact) mass is 522 g/mol. The molecule has 0 saturated carbocycles. The summed E-state index contributed by atoms with van der Waals surface area (Å²) in [6, 6.07) is 12.4. The Bertz CT molecular complexity index is 1320. The minimum absolute atomic E-state index is 0.0309. The Morgan fingerprint density at radius 1 is 0.789 bits per heavy atom. The van der Waals surface area contributed by atoms with Crippen molar-refractivity contribution in [3.63, 3.8) is 0 Å². The molecule has 38 heavy (non-hydrogen) atoms. The minimum atomic E-state index is -0.668. The van der Waals surface area contributed by atoms with Gasteiger partial charge in [0, 0.05) is 22.6 Å². The van der Waals surface area contributed by atoms with Gasteiger partial charge in [0.1, 0.15) is 6.10 Å². The summed E-state index contributed by atoms with van der Waals surface area (Å²) in [5.74, 6) is 1.18. The van der Waals surface area contributed by atoms with Crippen molar-refractivity contribution in [2.75, 3.05) is 35.5 Å². The first-order chi connectivity index (χ1) is 18.3. The lowest BCUT2D eigenvalue weighted by Crippen LogP contribution is -2.27. The summed E-state index contributed by atoms with van der Waals surface area (Å²) in [5, 5.41) is 10.8. The van der Waals surface area contributed by atoms with Crippen LogP contribution in [-0.4, -0.2) is 46.6 Å². The number of fused-ring (bicyclic) bond motifs is 3. The third kappa shape index (κ3) is 4.55. The number of phenols is 1. The van der Waals surface area contributed by atoms with Crippen LogP contribution in [0.25, 0.3) is 11.1 Å². The number of hydrogen-bond donors (Lipinski definition) is 1. The van der Waals surface area contributed by atoms with Crippen LogP contribution in [0.1, 0.15) is 41.4 Å². The average molecular weight is 523 g/mol. The van der Waals surface area contributed by atoms with Crippen LogP contribution in [0.2, 0.25) is 0 Å². The van der Waals surface area contributed by atoms with Crippen molar-refractivity contribution >= 4 is 5.97 Å². The molecule has 8 nitrogen and oxygen atoms in total. The molecule has 202 valence electrons. The first kappa shape index (κ1) is 27.0. The lowest BCUT2D eigenvalue weighted by molar-refractivity contribution is 0.00698. The van der Waals surface area contributed by atoms with Gasteiger partial charge in [-0.05, 0) is 42.2 Å². The highest BCUT2D eigenvalue weighted by Gasteiger charge is 2.39. The molecule has 0 amide bonds. The molecule has 3 unspecified atom stereocenters. The van der Waals surface area contributed by atoms with Crippen molar-refractivity contribution in [1.29, 1.82) is 0 Å². The Morgan fingerprint density at radius 2 is 1.39 bits per heavy atom. The molecule has 1 aliphatic carbocycles. The smallest absolute Gasteiger partial charge is 0.338 e. The largest absolute Gasteiger partial charge is 0.504 e. The molecule has 3 atom stereocenters. The number of benzene rings is 3. The van der Waals surface area contributed by atoms with Gasteiger partial charge in [0.2, 0.25) is 11.5 Å². The first-order valence-corrected chi connectivity index (χ1v) is 12.4. The van der Waals surface area contributed by atoms with E-state index in [-0.39, 0.29) is 23.3 Å². The van der Waals surface area contributed by atoms with Crippen molar-refractivity contribution in [1.82, 2.24) is 0 Å². The molecule has 0 radical (unpaired) electrons. The summed E-state index contributed by atoms with van der Waals surface area (Å²) in [6.07, 6.45) is -0.0974. The second-order valence-corrected chi connectivity index (χ2v) is 9.34. The van der Waals surface area contributed by atoms with E-state index in [2.05, 4.69) is 6.92 Å². The number of methoxy groups -OCH3 is 5. The lowest BCUT2D eigenvalue weighted by atomic mass is 9.75. The Hall–Kier alpha value is -4.07. The zero-order chi connectivity index (χ0) is 27.6. The summed E-state index contributed by atoms with van der Waals surface area (Å²) in [5.41, 5.74) is 3.22. The van der Waals surface area contributed by atoms with Gasteiger partial charge < -0.3 is 33.5 Å². The fraction of sp³-hybridized carbons (Fsp3) is 0.367. The average Bonchev–Trinajstić information content (AvgIpc) is 2.93. The van der Waals surface area contributed by atoms with Gasteiger partial charge in [0.15, 0.2) is 23.0 Å². The van der Waals surface area contributed by atoms with Gasteiger partial charge in [-0.15, -0.1) is 0 Å². The maximum atomic E-state index is 13.3. The van der Waals surface area contributed by atoms with Gasteiger partial charge in [-0.1, -0.05) is 32.0 Å². The number of carbonyl (C=O) groups excluding carboxylic acids is 1. The van der Waals surface area contributed by atoms with E-state index in [0.717, 1.165) is 5.56 Å². The molecule has 0 bridgehead atoms. The Balaban J connectivity index is 2.10. The predicted molar refractivity (Wildman–Crippen MR) is 143 cm³/mol. The molecule has 3 aromatic rings. The van der Waals surface area contributed by atoms with E-state index in [1.165, 1.54) is 28.4 Å². The van der Waals surface area contributed by atoms with Crippen LogP contribution in [-0.2, 0) is 11.2 Å². The van der Waals surface area contributed by atoms with Crippen LogP contribution in [0.4, 0.5) is 0 Å². The summed E-state index contributed by atoms with van der Waals surface area (Å²) in [6.45, 7) is 4.14. The molecule has 0 fully saturated rings. The number of carbonyl (C=O) groups is 1. The van der Waals surface area contributed by atoms with E-state index < -0.39 is 12.1 Å². The number of aromatic hydroxyl groups is 1. The number of esters is 1. The third-order valence-electron chi connectivity index (χ3n) is 7.28. The van der Waals surface area contributed by atoms with Crippen LogP contribution in [0.15, 0.2) is 42.5 Å². The lowest BCUT2D eigenvalue weighted by Gasteiger charge is -2.35. The highest BCUT2D eigenvalue weighted by Crippen LogP contribution is 2.57. The molecular weight excluding hydrogens is 488 g/mol. The van der Waals surface area contributed by atoms with Crippen LogP contribution in [0, 0.1) is 11.8 Å². The molecule has 0 aromatic heterocycles. The molecule has 0 heterocycles. The van der Waals surface area contributed by atoms with Crippen molar-refractivity contribution in [3.8, 4) is 45.6 Å². The Morgan fingerprint density at radius 3 is 1.97 bits per heavy atom. The number of rotatable bonds is 7. The molecule has 8 heteroatoms. The Kier molecular flexibility index (Phi) is 7.90. The molecule has 0 aliphatic heterocycles. The summed E-state index contributed by atoms with van der Waals surface area (Å²) in [4.78, 5) is 13.3. The molecule has 3 aromatic carbocycles.